The fourth-order valence-electron chi connectivity index (χ4n) is 1.31. The van der Waals surface area contributed by atoms with E-state index in [-0.39, 0.29) is 29.6 Å². The van der Waals surface area contributed by atoms with Gasteiger partial charge in [-0.1, -0.05) is 19.0 Å². The van der Waals surface area contributed by atoms with Crippen LogP contribution in [-0.2, 0) is 0 Å². The minimum Gasteiger partial charge on any atom is -0.351 e. The van der Waals surface area contributed by atoms with Crippen molar-refractivity contribution in [1.82, 2.24) is 10.5 Å². The Morgan fingerprint density at radius 3 is 2.53 bits per heavy atom. The molecule has 0 aliphatic carbocycles. The van der Waals surface area contributed by atoms with Crippen LogP contribution in [0.1, 0.15) is 42.9 Å². The molecule has 0 atom stereocenters. The van der Waals surface area contributed by atoms with Gasteiger partial charge in [0.05, 0.1) is 5.69 Å². The summed E-state index contributed by atoms with van der Waals surface area (Å²) in [6.45, 7) is 6.23. The van der Waals surface area contributed by atoms with E-state index >= 15 is 0 Å². The van der Waals surface area contributed by atoms with Crippen LogP contribution in [-0.4, -0.2) is 23.1 Å². The first kappa shape index (κ1) is 15.9. The van der Waals surface area contributed by atoms with E-state index in [0.29, 0.717) is 12.2 Å². The van der Waals surface area contributed by atoms with Crippen LogP contribution >= 0.6 is 12.4 Å². The van der Waals surface area contributed by atoms with E-state index in [2.05, 4.69) is 10.5 Å². The molecular formula is C11H20ClN3O2. The van der Waals surface area contributed by atoms with Crippen molar-refractivity contribution in [1.29, 1.82) is 0 Å². The van der Waals surface area contributed by atoms with Gasteiger partial charge in [-0.05, 0) is 19.8 Å². The van der Waals surface area contributed by atoms with Crippen molar-refractivity contribution in [3.63, 3.8) is 0 Å². The molecule has 98 valence electrons. The van der Waals surface area contributed by atoms with E-state index in [1.807, 2.05) is 13.8 Å². The highest BCUT2D eigenvalue weighted by Crippen LogP contribution is 2.10. The van der Waals surface area contributed by atoms with Gasteiger partial charge in [0, 0.05) is 18.2 Å². The second-order valence-electron chi connectivity index (χ2n) is 4.08. The van der Waals surface area contributed by atoms with Gasteiger partial charge in [0.25, 0.3) is 5.91 Å². The van der Waals surface area contributed by atoms with Crippen molar-refractivity contribution in [3.8, 4) is 0 Å². The molecule has 1 amide bonds. The van der Waals surface area contributed by atoms with Crippen LogP contribution in [0.3, 0.4) is 0 Å². The Kier molecular flexibility index (Phi) is 6.20. The van der Waals surface area contributed by atoms with Gasteiger partial charge in [-0.15, -0.1) is 12.4 Å². The highest BCUT2D eigenvalue weighted by Gasteiger charge is 2.22. The molecule has 1 aromatic heterocycles. The van der Waals surface area contributed by atoms with Crippen LogP contribution < -0.4 is 11.1 Å². The third-order valence-corrected chi connectivity index (χ3v) is 2.86. The predicted molar refractivity (Wildman–Crippen MR) is 68.3 cm³/mol. The molecule has 1 rings (SSSR count). The van der Waals surface area contributed by atoms with Crippen molar-refractivity contribution >= 4 is 18.3 Å². The maximum atomic E-state index is 11.6. The molecule has 5 nitrogen and oxygen atoms in total. The van der Waals surface area contributed by atoms with Crippen LogP contribution in [0.15, 0.2) is 10.6 Å². The van der Waals surface area contributed by atoms with Crippen LogP contribution in [0.5, 0.6) is 0 Å². The number of carbonyl (C=O) groups excluding carboxylic acids is 1. The van der Waals surface area contributed by atoms with E-state index in [4.69, 9.17) is 10.3 Å². The van der Waals surface area contributed by atoms with Crippen LogP contribution in [0, 0.1) is 6.92 Å². The molecule has 0 radical (unpaired) electrons. The zero-order chi connectivity index (χ0) is 12.2. The molecule has 3 N–H and O–H groups in total. The zero-order valence-electron chi connectivity index (χ0n) is 10.4. The lowest BCUT2D eigenvalue weighted by Gasteiger charge is -2.26. The smallest absolute Gasteiger partial charge is 0.289 e. The van der Waals surface area contributed by atoms with Gasteiger partial charge in [-0.2, -0.15) is 0 Å². The summed E-state index contributed by atoms with van der Waals surface area (Å²) in [5, 5.41) is 6.41. The zero-order valence-corrected chi connectivity index (χ0v) is 11.3. The van der Waals surface area contributed by atoms with Gasteiger partial charge >= 0.3 is 0 Å². The van der Waals surface area contributed by atoms with Crippen molar-refractivity contribution in [3.05, 3.63) is 17.5 Å². The summed E-state index contributed by atoms with van der Waals surface area (Å²) in [6.07, 6.45) is 1.64. The first-order valence-corrected chi connectivity index (χ1v) is 5.51. The summed E-state index contributed by atoms with van der Waals surface area (Å²) < 4.78 is 4.86. The monoisotopic (exact) mass is 261 g/mol. The lowest BCUT2D eigenvalue weighted by Crippen LogP contribution is -2.49. The molecule has 0 bridgehead atoms. The molecule has 0 saturated carbocycles. The number of hydrogen-bond acceptors (Lipinski definition) is 4. The van der Waals surface area contributed by atoms with E-state index in [0.717, 1.165) is 12.8 Å². The third kappa shape index (κ3) is 4.36. The summed E-state index contributed by atoms with van der Waals surface area (Å²) in [5.41, 5.74) is 6.41. The minimum absolute atomic E-state index is 0. The third-order valence-electron chi connectivity index (χ3n) is 2.86. The molecule has 0 saturated heterocycles. The molecule has 1 aromatic rings. The predicted octanol–water partition coefficient (Wildman–Crippen LogP) is 1.65. The lowest BCUT2D eigenvalue weighted by molar-refractivity contribution is 0.0905. The van der Waals surface area contributed by atoms with Crippen molar-refractivity contribution in [2.45, 2.75) is 39.2 Å². The van der Waals surface area contributed by atoms with E-state index in [1.54, 1.807) is 13.0 Å². The lowest BCUT2D eigenvalue weighted by atomic mass is 9.94. The maximum absolute atomic E-state index is 11.6. The molecule has 0 spiro atoms. The first-order valence-electron chi connectivity index (χ1n) is 5.51. The number of nitrogens with one attached hydrogen (secondary N) is 1. The van der Waals surface area contributed by atoms with Gasteiger partial charge in [0.2, 0.25) is 5.76 Å². The Bertz CT molecular complexity index is 361. The average molecular weight is 262 g/mol. The van der Waals surface area contributed by atoms with Crippen LogP contribution in [0.2, 0.25) is 0 Å². The van der Waals surface area contributed by atoms with E-state index in [1.165, 1.54) is 0 Å². The first-order chi connectivity index (χ1) is 7.50. The topological polar surface area (TPSA) is 81.1 Å². The van der Waals surface area contributed by atoms with E-state index < -0.39 is 0 Å². The molecule has 0 unspecified atom stereocenters. The summed E-state index contributed by atoms with van der Waals surface area (Å²) in [7, 11) is 0. The summed E-state index contributed by atoms with van der Waals surface area (Å²) >= 11 is 0. The number of amides is 1. The van der Waals surface area contributed by atoms with Crippen molar-refractivity contribution < 1.29 is 9.32 Å². The SMILES string of the molecule is CCC(N)(CC)CNC(=O)c1cc(C)no1.Cl. The van der Waals surface area contributed by atoms with Crippen LogP contribution in [0.4, 0.5) is 0 Å². The maximum Gasteiger partial charge on any atom is 0.289 e. The molecule has 17 heavy (non-hydrogen) atoms. The highest BCUT2D eigenvalue weighted by atomic mass is 35.5. The number of aryl methyl sites for hydroxylation is 1. The number of hydrogen-bond donors (Lipinski definition) is 2. The standard InChI is InChI=1S/C11H19N3O2.ClH/c1-4-11(12,5-2)7-13-10(15)9-6-8(3)14-16-9;/h6H,4-5,7,12H2,1-3H3,(H,13,15);1H. The second kappa shape index (κ2) is 6.61. The average Bonchev–Trinajstić information content (AvgIpc) is 2.72. The summed E-state index contributed by atoms with van der Waals surface area (Å²) in [6, 6.07) is 1.60. The number of aromatic nitrogens is 1. The molecule has 1 heterocycles. The van der Waals surface area contributed by atoms with Crippen LogP contribution in [0.25, 0.3) is 0 Å². The summed E-state index contributed by atoms with van der Waals surface area (Å²) in [5.74, 6) is -0.0376. The van der Waals surface area contributed by atoms with Crippen molar-refractivity contribution in [2.75, 3.05) is 6.54 Å². The highest BCUT2D eigenvalue weighted by molar-refractivity contribution is 5.91. The van der Waals surface area contributed by atoms with Crippen molar-refractivity contribution in [2.24, 2.45) is 5.73 Å². The fourth-order valence-corrected chi connectivity index (χ4v) is 1.31. The Morgan fingerprint density at radius 2 is 2.12 bits per heavy atom. The Balaban J connectivity index is 0.00000256. The van der Waals surface area contributed by atoms with Gasteiger partial charge in [-0.3, -0.25) is 4.79 Å². The minimum atomic E-state index is -0.343. The molecule has 0 aliphatic rings. The number of halogens is 1. The second-order valence-corrected chi connectivity index (χ2v) is 4.08. The summed E-state index contributed by atoms with van der Waals surface area (Å²) in [4.78, 5) is 11.6. The number of carbonyl (C=O) groups is 1. The van der Waals surface area contributed by atoms with Gasteiger partial charge in [-0.25, -0.2) is 0 Å². The number of rotatable bonds is 5. The molecule has 6 heteroatoms. The van der Waals surface area contributed by atoms with E-state index in [9.17, 15) is 4.79 Å². The van der Waals surface area contributed by atoms with Gasteiger partial charge in [0.15, 0.2) is 0 Å². The Hall–Kier alpha value is -1.07. The Morgan fingerprint density at radius 1 is 1.53 bits per heavy atom. The quantitative estimate of drug-likeness (QED) is 0.845. The normalized spacial score (nSPS) is 10.8. The molecule has 0 aromatic carbocycles. The number of nitrogens with zero attached hydrogens (tertiary/aromatic N) is 1. The van der Waals surface area contributed by atoms with Gasteiger partial charge in [0.1, 0.15) is 0 Å². The molecule has 0 fully saturated rings. The fraction of sp³-hybridized carbons (Fsp3) is 0.636. The number of nitrogens with two attached hydrogens (primary N) is 1. The molecular weight excluding hydrogens is 242 g/mol. The largest absolute Gasteiger partial charge is 0.351 e. The Labute approximate surface area is 108 Å². The molecule has 0 aliphatic heterocycles. The van der Waals surface area contributed by atoms with Gasteiger partial charge < -0.3 is 15.6 Å².